The van der Waals surface area contributed by atoms with Crippen molar-refractivity contribution < 1.29 is 4.74 Å². The summed E-state index contributed by atoms with van der Waals surface area (Å²) in [5.74, 6) is 0. The number of nitrogens with one attached hydrogen (secondary N) is 1. The van der Waals surface area contributed by atoms with Crippen LogP contribution in [0.1, 0.15) is 31.4 Å². The molecule has 15 heavy (non-hydrogen) atoms. The van der Waals surface area contributed by atoms with E-state index in [4.69, 9.17) is 4.74 Å². The summed E-state index contributed by atoms with van der Waals surface area (Å²) in [6, 6.07) is 0.968. The molecule has 1 unspecified atom stereocenters. The number of aromatic nitrogens is 2. The zero-order valence-electron chi connectivity index (χ0n) is 9.44. The first-order valence-corrected chi connectivity index (χ1v) is 5.58. The minimum Gasteiger partial charge on any atom is -0.381 e. The van der Waals surface area contributed by atoms with Crippen LogP contribution in [-0.2, 0) is 11.8 Å². The van der Waals surface area contributed by atoms with Crippen LogP contribution in [-0.4, -0.2) is 29.0 Å². The number of hydrogen-bond donors (Lipinski definition) is 1. The Labute approximate surface area is 90.6 Å². The van der Waals surface area contributed by atoms with Gasteiger partial charge in [-0.1, -0.05) is 0 Å². The molecule has 1 aliphatic heterocycles. The van der Waals surface area contributed by atoms with E-state index in [9.17, 15) is 0 Å². The molecule has 1 aromatic rings. The Hall–Kier alpha value is -0.870. The van der Waals surface area contributed by atoms with Crippen LogP contribution in [0.25, 0.3) is 0 Å². The van der Waals surface area contributed by atoms with Crippen LogP contribution in [0.15, 0.2) is 12.4 Å². The molecule has 84 valence electrons. The Morgan fingerprint density at radius 3 is 2.87 bits per heavy atom. The van der Waals surface area contributed by atoms with E-state index in [-0.39, 0.29) is 0 Å². The Bertz CT molecular complexity index is 305. The fourth-order valence-corrected chi connectivity index (χ4v) is 1.98. The van der Waals surface area contributed by atoms with E-state index in [1.807, 2.05) is 17.9 Å². The molecular weight excluding hydrogens is 190 g/mol. The first kappa shape index (κ1) is 10.6. The molecule has 0 aromatic carbocycles. The lowest BCUT2D eigenvalue weighted by molar-refractivity contribution is 0.0754. The van der Waals surface area contributed by atoms with Gasteiger partial charge in [0.25, 0.3) is 0 Å². The van der Waals surface area contributed by atoms with Crippen LogP contribution in [0.3, 0.4) is 0 Å². The van der Waals surface area contributed by atoms with E-state index in [2.05, 4.69) is 23.5 Å². The quantitative estimate of drug-likeness (QED) is 0.814. The first-order valence-electron chi connectivity index (χ1n) is 5.58. The van der Waals surface area contributed by atoms with E-state index in [1.54, 1.807) is 0 Å². The normalized spacial score (nSPS) is 20.4. The lowest BCUT2D eigenvalue weighted by Gasteiger charge is -2.26. The van der Waals surface area contributed by atoms with E-state index in [0.717, 1.165) is 26.1 Å². The number of rotatable bonds is 3. The third-order valence-electron chi connectivity index (χ3n) is 2.93. The minimum atomic E-state index is 0.377. The molecule has 4 nitrogen and oxygen atoms in total. The van der Waals surface area contributed by atoms with Gasteiger partial charge in [-0.3, -0.25) is 4.68 Å². The highest BCUT2D eigenvalue weighted by Crippen LogP contribution is 2.15. The summed E-state index contributed by atoms with van der Waals surface area (Å²) >= 11 is 0. The summed E-state index contributed by atoms with van der Waals surface area (Å²) in [4.78, 5) is 0. The molecule has 0 spiro atoms. The van der Waals surface area contributed by atoms with Crippen molar-refractivity contribution in [3.05, 3.63) is 18.0 Å². The van der Waals surface area contributed by atoms with Crippen LogP contribution in [0.5, 0.6) is 0 Å². The summed E-state index contributed by atoms with van der Waals surface area (Å²) in [5.41, 5.74) is 1.25. The lowest BCUT2D eigenvalue weighted by Crippen LogP contribution is -2.36. The van der Waals surface area contributed by atoms with Gasteiger partial charge in [-0.2, -0.15) is 5.10 Å². The summed E-state index contributed by atoms with van der Waals surface area (Å²) < 4.78 is 7.18. The number of nitrogens with zero attached hydrogens (tertiary/aromatic N) is 2. The molecule has 0 bridgehead atoms. The largest absolute Gasteiger partial charge is 0.381 e. The second-order valence-corrected chi connectivity index (χ2v) is 4.22. The fourth-order valence-electron chi connectivity index (χ4n) is 1.98. The van der Waals surface area contributed by atoms with Crippen molar-refractivity contribution in [1.82, 2.24) is 15.1 Å². The molecule has 1 atom stereocenters. The lowest BCUT2D eigenvalue weighted by atomic mass is 10.1. The zero-order chi connectivity index (χ0) is 10.7. The molecule has 1 aromatic heterocycles. The molecule has 0 saturated carbocycles. The molecule has 1 saturated heterocycles. The highest BCUT2D eigenvalue weighted by atomic mass is 16.5. The Morgan fingerprint density at radius 1 is 1.53 bits per heavy atom. The standard InChI is InChI=1S/C11H19N3O/c1-9(10-7-12-14(2)8-10)13-11-3-5-15-6-4-11/h7-9,11,13H,3-6H2,1-2H3. The molecule has 1 aliphatic rings. The van der Waals surface area contributed by atoms with Crippen LogP contribution >= 0.6 is 0 Å². The smallest absolute Gasteiger partial charge is 0.0537 e. The number of aryl methyl sites for hydroxylation is 1. The van der Waals surface area contributed by atoms with Crippen LogP contribution in [0.2, 0.25) is 0 Å². The molecule has 0 aliphatic carbocycles. The van der Waals surface area contributed by atoms with Crippen LogP contribution < -0.4 is 5.32 Å². The van der Waals surface area contributed by atoms with Crippen molar-refractivity contribution in [3.63, 3.8) is 0 Å². The van der Waals surface area contributed by atoms with Gasteiger partial charge in [0.05, 0.1) is 6.20 Å². The number of hydrogen-bond acceptors (Lipinski definition) is 3. The molecule has 0 radical (unpaired) electrons. The van der Waals surface area contributed by atoms with Crippen molar-refractivity contribution in [1.29, 1.82) is 0 Å². The Morgan fingerprint density at radius 2 is 2.27 bits per heavy atom. The van der Waals surface area contributed by atoms with E-state index in [1.165, 1.54) is 5.56 Å². The van der Waals surface area contributed by atoms with Gasteiger partial charge in [0.2, 0.25) is 0 Å². The van der Waals surface area contributed by atoms with Crippen LogP contribution in [0, 0.1) is 0 Å². The summed E-state index contributed by atoms with van der Waals surface area (Å²) in [5, 5.41) is 7.80. The fraction of sp³-hybridized carbons (Fsp3) is 0.727. The molecule has 1 fully saturated rings. The summed E-state index contributed by atoms with van der Waals surface area (Å²) in [6.07, 6.45) is 6.23. The second kappa shape index (κ2) is 4.77. The summed E-state index contributed by atoms with van der Waals surface area (Å²) in [7, 11) is 1.95. The second-order valence-electron chi connectivity index (χ2n) is 4.22. The van der Waals surface area contributed by atoms with Crippen molar-refractivity contribution in [2.45, 2.75) is 31.8 Å². The molecule has 1 N–H and O–H groups in total. The van der Waals surface area contributed by atoms with Crippen molar-refractivity contribution in [3.8, 4) is 0 Å². The maximum atomic E-state index is 5.33. The van der Waals surface area contributed by atoms with E-state index >= 15 is 0 Å². The van der Waals surface area contributed by atoms with Crippen molar-refractivity contribution >= 4 is 0 Å². The summed E-state index contributed by atoms with van der Waals surface area (Å²) in [6.45, 7) is 3.96. The molecule has 2 rings (SSSR count). The van der Waals surface area contributed by atoms with E-state index < -0.39 is 0 Å². The molecule has 2 heterocycles. The van der Waals surface area contributed by atoms with Gasteiger partial charge in [-0.15, -0.1) is 0 Å². The highest BCUT2D eigenvalue weighted by molar-refractivity contribution is 5.09. The molecule has 4 heteroatoms. The van der Waals surface area contributed by atoms with Gasteiger partial charge in [0.15, 0.2) is 0 Å². The average Bonchev–Trinajstić information content (AvgIpc) is 2.66. The molecule has 0 amide bonds. The van der Waals surface area contributed by atoms with Gasteiger partial charge in [-0.05, 0) is 19.8 Å². The minimum absolute atomic E-state index is 0.377. The first-order chi connectivity index (χ1) is 7.25. The predicted molar refractivity (Wildman–Crippen MR) is 58.6 cm³/mol. The number of ether oxygens (including phenoxy) is 1. The SMILES string of the molecule is CC(NC1CCOCC1)c1cnn(C)c1. The van der Waals surface area contributed by atoms with Crippen molar-refractivity contribution in [2.75, 3.05) is 13.2 Å². The Balaban J connectivity index is 1.88. The average molecular weight is 209 g/mol. The Kier molecular flexibility index (Phi) is 3.38. The highest BCUT2D eigenvalue weighted by Gasteiger charge is 2.17. The van der Waals surface area contributed by atoms with Gasteiger partial charge >= 0.3 is 0 Å². The van der Waals surface area contributed by atoms with Gasteiger partial charge < -0.3 is 10.1 Å². The zero-order valence-corrected chi connectivity index (χ0v) is 9.44. The van der Waals surface area contributed by atoms with Gasteiger partial charge in [0.1, 0.15) is 0 Å². The topological polar surface area (TPSA) is 39.1 Å². The predicted octanol–water partition coefficient (Wildman–Crippen LogP) is 1.25. The van der Waals surface area contributed by atoms with Gasteiger partial charge in [0, 0.05) is 44.1 Å². The van der Waals surface area contributed by atoms with Gasteiger partial charge in [-0.25, -0.2) is 0 Å². The monoisotopic (exact) mass is 209 g/mol. The third kappa shape index (κ3) is 2.79. The molecular formula is C11H19N3O. The van der Waals surface area contributed by atoms with Crippen molar-refractivity contribution in [2.24, 2.45) is 7.05 Å². The third-order valence-corrected chi connectivity index (χ3v) is 2.93. The van der Waals surface area contributed by atoms with Crippen LogP contribution in [0.4, 0.5) is 0 Å². The van der Waals surface area contributed by atoms with E-state index in [0.29, 0.717) is 12.1 Å². The maximum absolute atomic E-state index is 5.33. The maximum Gasteiger partial charge on any atom is 0.0537 e.